The van der Waals surface area contributed by atoms with Gasteiger partial charge in [0.1, 0.15) is 5.52 Å². The Balaban J connectivity index is 0.000000431. The highest BCUT2D eigenvalue weighted by molar-refractivity contribution is 7.90. The maximum Gasteiger partial charge on any atom is 0.303 e. The third-order valence-electron chi connectivity index (χ3n) is 4.36. The van der Waals surface area contributed by atoms with Crippen molar-refractivity contribution in [1.29, 1.82) is 0 Å². The molecular weight excluding hydrogens is 392 g/mol. The van der Waals surface area contributed by atoms with Crippen molar-refractivity contribution < 1.29 is 18.3 Å². The summed E-state index contributed by atoms with van der Waals surface area (Å²) in [5, 5.41) is 9.14. The lowest BCUT2D eigenvalue weighted by molar-refractivity contribution is -0.136. The van der Waals surface area contributed by atoms with E-state index in [2.05, 4.69) is 9.97 Å². The number of carboxylic acids is 1. The van der Waals surface area contributed by atoms with E-state index in [0.29, 0.717) is 21.8 Å². The van der Waals surface area contributed by atoms with Gasteiger partial charge >= 0.3 is 5.97 Å². The summed E-state index contributed by atoms with van der Waals surface area (Å²) in [4.78, 5) is 27.2. The second-order valence-electron chi connectivity index (χ2n) is 6.42. The highest BCUT2D eigenvalue weighted by Gasteiger charge is 2.17. The van der Waals surface area contributed by atoms with Crippen LogP contribution in [0.5, 0.6) is 0 Å². The standard InChI is InChI=1S/C18H14N2O3S.C3H6O2/c21-18-17-14(8-9-19-17)15-10-13(6-7-16(15)20-18)24(22,23)11-12-4-2-1-3-5-12;1-2-3(4)5/h1-10,19H,11H2,(H,20,21);2H2,1H3,(H,4,5). The van der Waals surface area contributed by atoms with Crippen molar-refractivity contribution >= 4 is 37.6 Å². The van der Waals surface area contributed by atoms with Crippen LogP contribution in [0.2, 0.25) is 0 Å². The van der Waals surface area contributed by atoms with Gasteiger partial charge in [0.15, 0.2) is 9.84 Å². The zero-order valence-electron chi connectivity index (χ0n) is 15.7. The van der Waals surface area contributed by atoms with E-state index in [1.165, 1.54) is 6.07 Å². The molecule has 0 bridgehead atoms. The van der Waals surface area contributed by atoms with Crippen LogP contribution < -0.4 is 5.56 Å². The predicted molar refractivity (Wildman–Crippen MR) is 112 cm³/mol. The summed E-state index contributed by atoms with van der Waals surface area (Å²) < 4.78 is 25.4. The molecule has 0 amide bonds. The van der Waals surface area contributed by atoms with E-state index in [1.54, 1.807) is 43.5 Å². The number of aromatic amines is 2. The Morgan fingerprint density at radius 1 is 1.03 bits per heavy atom. The summed E-state index contributed by atoms with van der Waals surface area (Å²) in [6.45, 7) is 1.60. The topological polar surface area (TPSA) is 120 Å². The lowest BCUT2D eigenvalue weighted by Gasteiger charge is -2.07. The van der Waals surface area contributed by atoms with Crippen LogP contribution in [0.4, 0.5) is 0 Å². The van der Waals surface area contributed by atoms with Crippen molar-refractivity contribution in [3.63, 3.8) is 0 Å². The van der Waals surface area contributed by atoms with Gasteiger partial charge in [-0.1, -0.05) is 37.3 Å². The number of nitrogens with one attached hydrogen (secondary N) is 2. The van der Waals surface area contributed by atoms with Gasteiger partial charge in [-0.15, -0.1) is 0 Å². The van der Waals surface area contributed by atoms with Crippen LogP contribution in [0, 0.1) is 0 Å². The summed E-state index contributed by atoms with van der Waals surface area (Å²) in [7, 11) is -3.47. The van der Waals surface area contributed by atoms with Crippen molar-refractivity contribution in [1.82, 2.24) is 9.97 Å². The molecule has 0 aliphatic rings. The van der Waals surface area contributed by atoms with Crippen LogP contribution in [0.15, 0.2) is 70.5 Å². The molecule has 8 heteroatoms. The van der Waals surface area contributed by atoms with Gasteiger partial charge in [-0.3, -0.25) is 9.59 Å². The third-order valence-corrected chi connectivity index (χ3v) is 6.05. The number of hydrogen-bond donors (Lipinski definition) is 3. The van der Waals surface area contributed by atoms with E-state index >= 15 is 0 Å². The molecule has 150 valence electrons. The van der Waals surface area contributed by atoms with Gasteiger partial charge in [0, 0.05) is 28.9 Å². The van der Waals surface area contributed by atoms with Crippen molar-refractivity contribution in [2.45, 2.75) is 24.0 Å². The number of carboxylic acid groups (broad SMARTS) is 1. The molecule has 0 aliphatic heterocycles. The smallest absolute Gasteiger partial charge is 0.303 e. The summed E-state index contributed by atoms with van der Waals surface area (Å²) in [5.74, 6) is -0.802. The Kier molecular flexibility index (Phi) is 5.84. The Bertz CT molecular complexity index is 1320. The van der Waals surface area contributed by atoms with E-state index in [1.807, 2.05) is 18.2 Å². The monoisotopic (exact) mass is 412 g/mol. The number of H-pyrrole nitrogens is 2. The number of aliphatic carboxylic acids is 1. The average molecular weight is 412 g/mol. The molecular formula is C21H20N2O5S. The highest BCUT2D eigenvalue weighted by atomic mass is 32.2. The third kappa shape index (κ3) is 4.55. The zero-order chi connectivity index (χ0) is 21.0. The molecule has 2 aromatic carbocycles. The fourth-order valence-corrected chi connectivity index (χ4v) is 4.26. The van der Waals surface area contributed by atoms with Crippen molar-refractivity contribution in [2.75, 3.05) is 0 Å². The lowest BCUT2D eigenvalue weighted by Crippen LogP contribution is -2.08. The van der Waals surface area contributed by atoms with Crippen molar-refractivity contribution in [3.8, 4) is 0 Å². The van der Waals surface area contributed by atoms with Gasteiger partial charge in [-0.2, -0.15) is 0 Å². The number of pyridine rings is 1. The largest absolute Gasteiger partial charge is 0.481 e. The number of hydrogen-bond acceptors (Lipinski definition) is 4. The molecule has 29 heavy (non-hydrogen) atoms. The van der Waals surface area contributed by atoms with Crippen LogP contribution in [0.3, 0.4) is 0 Å². The van der Waals surface area contributed by atoms with E-state index < -0.39 is 15.8 Å². The number of sulfone groups is 1. The molecule has 0 saturated heterocycles. The summed E-state index contributed by atoms with van der Waals surface area (Å²) >= 11 is 0. The van der Waals surface area contributed by atoms with Crippen LogP contribution in [0.25, 0.3) is 21.8 Å². The number of rotatable bonds is 4. The van der Waals surface area contributed by atoms with Gasteiger partial charge < -0.3 is 15.1 Å². The molecule has 4 rings (SSSR count). The van der Waals surface area contributed by atoms with Crippen molar-refractivity contribution in [2.24, 2.45) is 0 Å². The Morgan fingerprint density at radius 2 is 1.72 bits per heavy atom. The fraction of sp³-hybridized carbons (Fsp3) is 0.143. The molecule has 2 aromatic heterocycles. The van der Waals surface area contributed by atoms with Gasteiger partial charge in [-0.05, 0) is 29.8 Å². The fourth-order valence-electron chi connectivity index (χ4n) is 2.89. The first-order valence-electron chi connectivity index (χ1n) is 8.93. The number of fused-ring (bicyclic) bond motifs is 3. The van der Waals surface area contributed by atoms with Gasteiger partial charge in [-0.25, -0.2) is 8.42 Å². The van der Waals surface area contributed by atoms with Gasteiger partial charge in [0.2, 0.25) is 0 Å². The molecule has 3 N–H and O–H groups in total. The second kappa shape index (κ2) is 8.32. The maximum absolute atomic E-state index is 12.7. The lowest BCUT2D eigenvalue weighted by atomic mass is 10.1. The predicted octanol–water partition coefficient (Wildman–Crippen LogP) is 3.46. The van der Waals surface area contributed by atoms with E-state index in [0.717, 1.165) is 5.56 Å². The first-order chi connectivity index (χ1) is 13.8. The van der Waals surface area contributed by atoms with E-state index in [4.69, 9.17) is 5.11 Å². The summed E-state index contributed by atoms with van der Waals surface area (Å²) in [6.07, 6.45) is 1.89. The molecule has 2 heterocycles. The number of benzene rings is 2. The molecule has 0 spiro atoms. The van der Waals surface area contributed by atoms with E-state index in [9.17, 15) is 18.0 Å². The molecule has 0 radical (unpaired) electrons. The second-order valence-corrected chi connectivity index (χ2v) is 8.41. The number of aromatic nitrogens is 2. The zero-order valence-corrected chi connectivity index (χ0v) is 16.5. The highest BCUT2D eigenvalue weighted by Crippen LogP contribution is 2.25. The van der Waals surface area contributed by atoms with Crippen LogP contribution in [0.1, 0.15) is 18.9 Å². The van der Waals surface area contributed by atoms with Crippen molar-refractivity contribution in [3.05, 3.63) is 76.7 Å². The van der Waals surface area contributed by atoms with Gasteiger partial charge in [0.25, 0.3) is 5.56 Å². The Hall–Kier alpha value is -3.39. The first kappa shape index (κ1) is 20.3. The molecule has 0 unspecified atom stereocenters. The minimum Gasteiger partial charge on any atom is -0.481 e. The number of carbonyl (C=O) groups is 1. The molecule has 0 saturated carbocycles. The van der Waals surface area contributed by atoms with E-state index in [-0.39, 0.29) is 22.6 Å². The normalized spacial score (nSPS) is 11.2. The van der Waals surface area contributed by atoms with Crippen LogP contribution >= 0.6 is 0 Å². The molecule has 7 nitrogen and oxygen atoms in total. The van der Waals surface area contributed by atoms with Crippen LogP contribution in [-0.2, 0) is 20.4 Å². The summed E-state index contributed by atoms with van der Waals surface area (Å²) in [5.41, 5.74) is 1.58. The maximum atomic E-state index is 12.7. The molecule has 0 atom stereocenters. The Morgan fingerprint density at radius 3 is 2.38 bits per heavy atom. The minimum absolute atomic E-state index is 0.0566. The molecule has 0 aliphatic carbocycles. The molecule has 0 fully saturated rings. The summed E-state index contributed by atoms with van der Waals surface area (Å²) in [6, 6.07) is 15.7. The molecule has 4 aromatic rings. The SMILES string of the molecule is CCC(=O)O.O=c1[nH]c2ccc(S(=O)(=O)Cc3ccccc3)cc2c2cc[nH]c12. The minimum atomic E-state index is -3.47. The Labute approximate surface area is 166 Å². The van der Waals surface area contributed by atoms with Crippen LogP contribution in [-0.4, -0.2) is 29.5 Å². The quantitative estimate of drug-likeness (QED) is 0.474. The average Bonchev–Trinajstić information content (AvgIpc) is 3.19. The van der Waals surface area contributed by atoms with Gasteiger partial charge in [0.05, 0.1) is 10.6 Å². The first-order valence-corrected chi connectivity index (χ1v) is 10.6.